The second kappa shape index (κ2) is 7.91. The van der Waals surface area contributed by atoms with Crippen molar-refractivity contribution in [3.63, 3.8) is 0 Å². The molecule has 0 amide bonds. The third-order valence-electron chi connectivity index (χ3n) is 6.41. The van der Waals surface area contributed by atoms with Crippen LogP contribution in [0.5, 0.6) is 0 Å². The number of nitrogens with zero attached hydrogens (tertiary/aromatic N) is 2. The minimum absolute atomic E-state index is 0.797. The van der Waals surface area contributed by atoms with E-state index >= 15 is 0 Å². The molecular formula is C22H34N2. The third-order valence-corrected chi connectivity index (χ3v) is 6.41. The number of hydrogen-bond acceptors (Lipinski definition) is 2. The first-order valence-corrected chi connectivity index (χ1v) is 10.5. The molecule has 1 saturated heterocycles. The van der Waals surface area contributed by atoms with Crippen molar-refractivity contribution in [3.8, 4) is 0 Å². The molecular weight excluding hydrogens is 292 g/mol. The second-order valence-corrected chi connectivity index (χ2v) is 8.33. The predicted molar refractivity (Wildman–Crippen MR) is 103 cm³/mol. The van der Waals surface area contributed by atoms with Gasteiger partial charge in [0.25, 0.3) is 0 Å². The molecule has 3 aliphatic rings. The lowest BCUT2D eigenvalue weighted by molar-refractivity contribution is 0.248. The monoisotopic (exact) mass is 326 g/mol. The zero-order valence-electron chi connectivity index (χ0n) is 15.3. The van der Waals surface area contributed by atoms with Crippen LogP contribution in [0.3, 0.4) is 0 Å². The molecule has 2 heteroatoms. The standard InChI is InChI=1S/C22H34N2/c1-2-4-8-20(9-5-3-1)21-10-6-7-11-22(21)24-16-14-23(15-17-24)18-19-12-13-19/h6-7,10-11,19-20H,1-5,8-9,12-18H2. The fourth-order valence-corrected chi connectivity index (χ4v) is 4.72. The Hall–Kier alpha value is -1.02. The molecule has 3 fully saturated rings. The summed E-state index contributed by atoms with van der Waals surface area (Å²) in [5.74, 6) is 1.82. The molecule has 0 unspecified atom stereocenters. The van der Waals surface area contributed by atoms with Gasteiger partial charge in [0, 0.05) is 38.4 Å². The molecule has 2 aliphatic carbocycles. The molecule has 1 aromatic rings. The third kappa shape index (κ3) is 4.14. The summed E-state index contributed by atoms with van der Waals surface area (Å²) < 4.78 is 0. The van der Waals surface area contributed by atoms with E-state index in [-0.39, 0.29) is 0 Å². The maximum atomic E-state index is 2.70. The highest BCUT2D eigenvalue weighted by molar-refractivity contribution is 5.55. The molecule has 1 heterocycles. The molecule has 132 valence electrons. The SMILES string of the molecule is c1ccc(N2CCN(CC3CC3)CC2)c(C2CCCCCCC2)c1. The Morgan fingerprint density at radius 3 is 2.12 bits per heavy atom. The highest BCUT2D eigenvalue weighted by Crippen LogP contribution is 2.37. The van der Waals surface area contributed by atoms with Crippen molar-refractivity contribution in [1.29, 1.82) is 0 Å². The number of anilines is 1. The summed E-state index contributed by atoms with van der Waals surface area (Å²) in [6, 6.07) is 9.34. The lowest BCUT2D eigenvalue weighted by atomic mass is 9.85. The minimum atomic E-state index is 0.797. The Morgan fingerprint density at radius 1 is 0.750 bits per heavy atom. The number of piperazine rings is 1. The van der Waals surface area contributed by atoms with Gasteiger partial charge in [-0.2, -0.15) is 0 Å². The first-order chi connectivity index (χ1) is 11.9. The molecule has 0 bridgehead atoms. The zero-order chi connectivity index (χ0) is 16.2. The van der Waals surface area contributed by atoms with E-state index in [1.165, 1.54) is 90.5 Å². The van der Waals surface area contributed by atoms with Crippen molar-refractivity contribution in [2.75, 3.05) is 37.6 Å². The normalized spacial score (nSPS) is 24.6. The average Bonchev–Trinajstić information content (AvgIpc) is 3.40. The fourth-order valence-electron chi connectivity index (χ4n) is 4.72. The topological polar surface area (TPSA) is 6.48 Å². The molecule has 1 aliphatic heterocycles. The summed E-state index contributed by atoms with van der Waals surface area (Å²) >= 11 is 0. The van der Waals surface area contributed by atoms with E-state index in [1.807, 2.05) is 0 Å². The van der Waals surface area contributed by atoms with E-state index in [0.29, 0.717) is 0 Å². The van der Waals surface area contributed by atoms with Crippen LogP contribution in [-0.2, 0) is 0 Å². The number of para-hydroxylation sites is 1. The smallest absolute Gasteiger partial charge is 0.0402 e. The predicted octanol–water partition coefficient (Wildman–Crippen LogP) is 5.05. The Morgan fingerprint density at radius 2 is 1.42 bits per heavy atom. The van der Waals surface area contributed by atoms with Crippen LogP contribution in [0.25, 0.3) is 0 Å². The summed E-state index contributed by atoms with van der Waals surface area (Å²) in [5, 5.41) is 0. The van der Waals surface area contributed by atoms with Gasteiger partial charge in [-0.1, -0.05) is 50.3 Å². The molecule has 4 rings (SSSR count). The summed E-state index contributed by atoms with van der Waals surface area (Å²) in [5.41, 5.74) is 3.20. The van der Waals surface area contributed by atoms with Crippen LogP contribution in [0, 0.1) is 5.92 Å². The van der Waals surface area contributed by atoms with Crippen LogP contribution in [0.4, 0.5) is 5.69 Å². The average molecular weight is 327 g/mol. The Balaban J connectivity index is 1.43. The van der Waals surface area contributed by atoms with E-state index < -0.39 is 0 Å². The highest BCUT2D eigenvalue weighted by atomic mass is 15.3. The van der Waals surface area contributed by atoms with Gasteiger partial charge in [0.1, 0.15) is 0 Å². The summed E-state index contributed by atoms with van der Waals surface area (Å²) in [6.07, 6.45) is 12.9. The lowest BCUT2D eigenvalue weighted by Crippen LogP contribution is -2.47. The molecule has 0 spiro atoms. The van der Waals surface area contributed by atoms with Gasteiger partial charge < -0.3 is 4.90 Å². The quantitative estimate of drug-likeness (QED) is 0.764. The van der Waals surface area contributed by atoms with Gasteiger partial charge >= 0.3 is 0 Å². The van der Waals surface area contributed by atoms with Crippen LogP contribution in [0.1, 0.15) is 69.3 Å². The van der Waals surface area contributed by atoms with Crippen LogP contribution >= 0.6 is 0 Å². The first-order valence-electron chi connectivity index (χ1n) is 10.5. The van der Waals surface area contributed by atoms with Gasteiger partial charge in [-0.3, -0.25) is 4.90 Å². The van der Waals surface area contributed by atoms with Crippen molar-refractivity contribution in [2.24, 2.45) is 5.92 Å². The van der Waals surface area contributed by atoms with E-state index in [0.717, 1.165) is 11.8 Å². The van der Waals surface area contributed by atoms with E-state index in [2.05, 4.69) is 34.1 Å². The van der Waals surface area contributed by atoms with Crippen molar-refractivity contribution < 1.29 is 0 Å². The van der Waals surface area contributed by atoms with Crippen molar-refractivity contribution in [2.45, 2.75) is 63.7 Å². The van der Waals surface area contributed by atoms with Crippen LogP contribution < -0.4 is 4.90 Å². The number of hydrogen-bond donors (Lipinski definition) is 0. The Bertz CT molecular complexity index is 506. The van der Waals surface area contributed by atoms with Crippen LogP contribution in [0.2, 0.25) is 0 Å². The summed E-state index contributed by atoms with van der Waals surface area (Å²) in [7, 11) is 0. The zero-order valence-corrected chi connectivity index (χ0v) is 15.3. The van der Waals surface area contributed by atoms with Crippen molar-refractivity contribution in [1.82, 2.24) is 4.90 Å². The van der Waals surface area contributed by atoms with Gasteiger partial charge in [-0.05, 0) is 49.1 Å². The molecule has 1 aromatic carbocycles. The Kier molecular flexibility index (Phi) is 5.42. The highest BCUT2D eigenvalue weighted by Gasteiger charge is 2.27. The first kappa shape index (κ1) is 16.4. The van der Waals surface area contributed by atoms with Gasteiger partial charge in [0.15, 0.2) is 0 Å². The van der Waals surface area contributed by atoms with Crippen molar-refractivity contribution >= 4 is 5.69 Å². The van der Waals surface area contributed by atoms with Gasteiger partial charge in [0.2, 0.25) is 0 Å². The van der Waals surface area contributed by atoms with E-state index in [9.17, 15) is 0 Å². The van der Waals surface area contributed by atoms with Crippen LogP contribution in [-0.4, -0.2) is 37.6 Å². The second-order valence-electron chi connectivity index (χ2n) is 8.33. The molecule has 0 radical (unpaired) electrons. The molecule has 2 nitrogen and oxygen atoms in total. The molecule has 24 heavy (non-hydrogen) atoms. The van der Waals surface area contributed by atoms with Gasteiger partial charge in [-0.25, -0.2) is 0 Å². The number of benzene rings is 1. The molecule has 0 atom stereocenters. The number of rotatable bonds is 4. The van der Waals surface area contributed by atoms with Gasteiger partial charge in [0.05, 0.1) is 0 Å². The largest absolute Gasteiger partial charge is 0.369 e. The lowest BCUT2D eigenvalue weighted by Gasteiger charge is -2.38. The fraction of sp³-hybridized carbons (Fsp3) is 0.727. The maximum absolute atomic E-state index is 2.70. The van der Waals surface area contributed by atoms with Crippen molar-refractivity contribution in [3.05, 3.63) is 29.8 Å². The van der Waals surface area contributed by atoms with E-state index in [4.69, 9.17) is 0 Å². The summed E-state index contributed by atoms with van der Waals surface area (Å²) in [4.78, 5) is 5.38. The minimum Gasteiger partial charge on any atom is -0.369 e. The van der Waals surface area contributed by atoms with Gasteiger partial charge in [-0.15, -0.1) is 0 Å². The van der Waals surface area contributed by atoms with E-state index in [1.54, 1.807) is 11.3 Å². The molecule has 0 aromatic heterocycles. The Labute approximate surface area is 148 Å². The molecule has 0 N–H and O–H groups in total. The van der Waals surface area contributed by atoms with Crippen LogP contribution in [0.15, 0.2) is 24.3 Å². The molecule has 2 saturated carbocycles. The summed E-state index contributed by atoms with van der Waals surface area (Å²) in [6.45, 7) is 6.32. The maximum Gasteiger partial charge on any atom is 0.0402 e.